The summed E-state index contributed by atoms with van der Waals surface area (Å²) in [6, 6.07) is 20.5. The number of nitrogens with one attached hydrogen (secondary N) is 1. The highest BCUT2D eigenvalue weighted by molar-refractivity contribution is 6.09. The highest BCUT2D eigenvalue weighted by atomic mass is 16.3. The van der Waals surface area contributed by atoms with Crippen LogP contribution >= 0.6 is 0 Å². The molecule has 0 radical (unpaired) electrons. The number of anilines is 1. The summed E-state index contributed by atoms with van der Waals surface area (Å²) < 4.78 is 0. The fourth-order valence-corrected chi connectivity index (χ4v) is 3.88. The van der Waals surface area contributed by atoms with Crippen LogP contribution in [-0.4, -0.2) is 16.0 Å². The lowest BCUT2D eigenvalue weighted by atomic mass is 9.98. The molecule has 2 N–H and O–H groups in total. The van der Waals surface area contributed by atoms with Crippen molar-refractivity contribution < 1.29 is 9.90 Å². The summed E-state index contributed by atoms with van der Waals surface area (Å²) in [7, 11) is 0. The van der Waals surface area contributed by atoms with Gasteiger partial charge in [-0.25, -0.2) is 0 Å². The number of amides is 1. The van der Waals surface area contributed by atoms with E-state index in [2.05, 4.69) is 10.3 Å². The molecule has 0 bridgehead atoms. The number of phenols is 1. The van der Waals surface area contributed by atoms with Crippen LogP contribution in [0.3, 0.4) is 0 Å². The van der Waals surface area contributed by atoms with Crippen LogP contribution in [0, 0.1) is 13.8 Å². The average molecular weight is 414 g/mol. The zero-order chi connectivity index (χ0) is 22.2. The number of benzene rings is 2. The Kier molecular flexibility index (Phi) is 5.27. The maximum Gasteiger partial charge on any atom is 0.274 e. The minimum absolute atomic E-state index is 0.113. The van der Waals surface area contributed by atoms with Gasteiger partial charge in [0.25, 0.3) is 5.91 Å². The molecule has 1 aliphatic heterocycles. The number of rotatable bonds is 5. The van der Waals surface area contributed by atoms with Gasteiger partial charge in [0.2, 0.25) is 0 Å². The van der Waals surface area contributed by atoms with E-state index in [1.165, 1.54) is 0 Å². The second-order valence-electron chi connectivity index (χ2n) is 8.55. The van der Waals surface area contributed by atoms with Crippen molar-refractivity contribution in [2.45, 2.75) is 39.3 Å². The molecule has 5 nitrogen and oxygen atoms in total. The highest BCUT2D eigenvalue weighted by Gasteiger charge is 2.37. The summed E-state index contributed by atoms with van der Waals surface area (Å²) >= 11 is 0. The minimum Gasteiger partial charge on any atom is -0.508 e. The summed E-state index contributed by atoms with van der Waals surface area (Å²) in [5.74, 6) is 0.0610. The predicted octanol–water partition coefficient (Wildman–Crippen LogP) is 4.90. The molecule has 1 aromatic heterocycles. The van der Waals surface area contributed by atoms with Gasteiger partial charge in [0.15, 0.2) is 0 Å². The molecule has 0 aliphatic carbocycles. The number of hydrogen-bond acceptors (Lipinski definition) is 4. The first kappa shape index (κ1) is 20.7. The lowest BCUT2D eigenvalue weighted by molar-refractivity contribution is -0.115. The van der Waals surface area contributed by atoms with Gasteiger partial charge in [0.05, 0.1) is 23.0 Å². The maximum atomic E-state index is 13.5. The first-order valence-electron chi connectivity index (χ1n) is 10.4. The Balaban J connectivity index is 1.73. The maximum absolute atomic E-state index is 13.5. The molecule has 3 aromatic rings. The molecular formula is C26H27N3O2. The smallest absolute Gasteiger partial charge is 0.274 e. The Bertz CT molecular complexity index is 1150. The third kappa shape index (κ3) is 4.17. The van der Waals surface area contributed by atoms with Crippen molar-refractivity contribution in [1.29, 1.82) is 0 Å². The largest absolute Gasteiger partial charge is 0.508 e. The van der Waals surface area contributed by atoms with Gasteiger partial charge in [-0.3, -0.25) is 14.7 Å². The predicted molar refractivity (Wildman–Crippen MR) is 123 cm³/mol. The van der Waals surface area contributed by atoms with Gasteiger partial charge in [-0.05, 0) is 75.7 Å². The Hall–Kier alpha value is -3.60. The number of aromatic nitrogens is 1. The van der Waals surface area contributed by atoms with E-state index < -0.39 is 5.54 Å². The van der Waals surface area contributed by atoms with E-state index in [9.17, 15) is 9.90 Å². The van der Waals surface area contributed by atoms with Gasteiger partial charge >= 0.3 is 0 Å². The summed E-state index contributed by atoms with van der Waals surface area (Å²) in [6.45, 7) is 8.00. The molecule has 4 rings (SSSR count). The van der Waals surface area contributed by atoms with Crippen molar-refractivity contribution in [3.05, 3.63) is 101 Å². The molecule has 2 heterocycles. The molecule has 1 atom stereocenters. The van der Waals surface area contributed by atoms with Crippen molar-refractivity contribution in [3.63, 3.8) is 0 Å². The lowest BCUT2D eigenvalue weighted by Gasteiger charge is -2.29. The van der Waals surface area contributed by atoms with Crippen molar-refractivity contribution in [2.75, 3.05) is 4.90 Å². The standard InChI is InChI=1S/C26H27N3O2/c1-17-11-13-20(14-12-17)29-23(19-8-6-9-21(30)15-19)16-22(25(29)31)28-26(3,4)24-10-5-7-18(2)27-24/h5-16,23,28,30H,1-4H3. The van der Waals surface area contributed by atoms with Crippen molar-refractivity contribution in [1.82, 2.24) is 10.3 Å². The van der Waals surface area contributed by atoms with Crippen LogP contribution in [0.15, 0.2) is 78.5 Å². The lowest BCUT2D eigenvalue weighted by Crippen LogP contribution is -2.41. The molecule has 0 saturated heterocycles. The number of nitrogens with zero attached hydrogens (tertiary/aromatic N) is 2. The van der Waals surface area contributed by atoms with Crippen LogP contribution in [0.1, 0.15) is 42.4 Å². The molecular weight excluding hydrogens is 386 g/mol. The second-order valence-corrected chi connectivity index (χ2v) is 8.55. The molecule has 31 heavy (non-hydrogen) atoms. The van der Waals surface area contributed by atoms with E-state index in [1.807, 2.05) is 82.3 Å². The Labute approximate surface area is 183 Å². The normalized spacial score (nSPS) is 16.4. The number of aryl methyl sites for hydroxylation is 2. The fraction of sp³-hybridized carbons (Fsp3) is 0.231. The van der Waals surface area contributed by atoms with Crippen LogP contribution in [-0.2, 0) is 10.3 Å². The second kappa shape index (κ2) is 7.91. The topological polar surface area (TPSA) is 65.5 Å². The quantitative estimate of drug-likeness (QED) is 0.624. The Morgan fingerprint density at radius 1 is 1.00 bits per heavy atom. The number of carbonyl (C=O) groups is 1. The first-order valence-corrected chi connectivity index (χ1v) is 10.4. The number of aromatic hydroxyl groups is 1. The Morgan fingerprint density at radius 2 is 1.71 bits per heavy atom. The van der Waals surface area contributed by atoms with Crippen LogP contribution in [0.4, 0.5) is 5.69 Å². The van der Waals surface area contributed by atoms with Gasteiger partial charge < -0.3 is 10.4 Å². The number of phenolic OH excluding ortho intramolecular Hbond substituents is 1. The van der Waals surface area contributed by atoms with E-state index >= 15 is 0 Å². The molecule has 1 amide bonds. The molecule has 0 fully saturated rings. The SMILES string of the molecule is Cc1ccc(N2C(=O)C(NC(C)(C)c3cccc(C)n3)=CC2c2cccc(O)c2)cc1. The van der Waals surface area contributed by atoms with Crippen molar-refractivity contribution in [3.8, 4) is 5.75 Å². The minimum atomic E-state index is -0.541. The fourth-order valence-electron chi connectivity index (χ4n) is 3.88. The van der Waals surface area contributed by atoms with Crippen LogP contribution in [0.5, 0.6) is 5.75 Å². The molecule has 158 valence electrons. The Morgan fingerprint density at radius 3 is 2.39 bits per heavy atom. The van der Waals surface area contributed by atoms with Crippen molar-refractivity contribution in [2.24, 2.45) is 0 Å². The van der Waals surface area contributed by atoms with Crippen LogP contribution < -0.4 is 10.2 Å². The highest BCUT2D eigenvalue weighted by Crippen LogP contribution is 2.37. The van der Waals surface area contributed by atoms with E-state index in [4.69, 9.17) is 0 Å². The monoisotopic (exact) mass is 413 g/mol. The number of hydrogen-bond donors (Lipinski definition) is 2. The summed E-state index contributed by atoms with van der Waals surface area (Å²) in [5.41, 5.74) is 4.55. The molecule has 5 heteroatoms. The third-order valence-corrected chi connectivity index (χ3v) is 5.55. The molecule has 0 saturated carbocycles. The molecule has 1 aliphatic rings. The van der Waals surface area contributed by atoms with E-state index in [0.717, 1.165) is 28.2 Å². The average Bonchev–Trinajstić information content (AvgIpc) is 3.04. The van der Waals surface area contributed by atoms with Crippen LogP contribution in [0.25, 0.3) is 0 Å². The summed E-state index contributed by atoms with van der Waals surface area (Å²) in [5, 5.41) is 13.4. The van der Waals surface area contributed by atoms with Gasteiger partial charge in [0.1, 0.15) is 5.75 Å². The van der Waals surface area contributed by atoms with Gasteiger partial charge in [-0.15, -0.1) is 0 Å². The van der Waals surface area contributed by atoms with E-state index in [1.54, 1.807) is 23.1 Å². The zero-order valence-electron chi connectivity index (χ0n) is 18.3. The molecule has 2 aromatic carbocycles. The van der Waals surface area contributed by atoms with E-state index in [-0.39, 0.29) is 17.7 Å². The third-order valence-electron chi connectivity index (χ3n) is 5.55. The molecule has 0 spiro atoms. The van der Waals surface area contributed by atoms with Gasteiger partial charge in [0, 0.05) is 11.4 Å². The van der Waals surface area contributed by atoms with E-state index in [0.29, 0.717) is 5.70 Å². The van der Waals surface area contributed by atoms with Gasteiger partial charge in [-0.1, -0.05) is 35.9 Å². The first-order chi connectivity index (χ1) is 14.7. The number of carbonyl (C=O) groups excluding carboxylic acids is 1. The van der Waals surface area contributed by atoms with Crippen LogP contribution in [0.2, 0.25) is 0 Å². The number of pyridine rings is 1. The summed E-state index contributed by atoms with van der Waals surface area (Å²) in [6.07, 6.45) is 1.93. The van der Waals surface area contributed by atoms with Gasteiger partial charge in [-0.2, -0.15) is 0 Å². The molecule has 1 unspecified atom stereocenters. The summed E-state index contributed by atoms with van der Waals surface area (Å²) in [4.78, 5) is 19.9. The van der Waals surface area contributed by atoms with Crippen molar-refractivity contribution >= 4 is 11.6 Å². The zero-order valence-corrected chi connectivity index (χ0v) is 18.3.